The maximum atomic E-state index is 5.86. The standard InChI is InChI=1S/C15H13ClN2OS/c16-11-3-1-10(2-4-11)8-20-9-15-18-13-7-12(17)5-6-14(13)19-15/h1-7H,8-9,17H2. The van der Waals surface area contributed by atoms with Crippen LogP contribution in [0.25, 0.3) is 11.1 Å². The Morgan fingerprint density at radius 1 is 1.10 bits per heavy atom. The van der Waals surface area contributed by atoms with Gasteiger partial charge in [0.15, 0.2) is 5.58 Å². The number of halogens is 1. The number of hydrogen-bond acceptors (Lipinski definition) is 4. The van der Waals surface area contributed by atoms with E-state index in [9.17, 15) is 0 Å². The highest BCUT2D eigenvalue weighted by Crippen LogP contribution is 2.23. The van der Waals surface area contributed by atoms with Gasteiger partial charge >= 0.3 is 0 Å². The Labute approximate surface area is 126 Å². The molecule has 0 saturated carbocycles. The Hall–Kier alpha value is -1.65. The van der Waals surface area contributed by atoms with E-state index in [1.165, 1.54) is 5.56 Å². The van der Waals surface area contributed by atoms with Crippen LogP contribution in [0.4, 0.5) is 5.69 Å². The van der Waals surface area contributed by atoms with Gasteiger partial charge in [0, 0.05) is 16.5 Å². The number of nitrogen functional groups attached to an aromatic ring is 1. The van der Waals surface area contributed by atoms with Crippen molar-refractivity contribution in [2.24, 2.45) is 0 Å². The normalized spacial score (nSPS) is 11.1. The highest BCUT2D eigenvalue weighted by Gasteiger charge is 2.06. The molecule has 20 heavy (non-hydrogen) atoms. The number of thioether (sulfide) groups is 1. The second-order valence-electron chi connectivity index (χ2n) is 4.45. The van der Waals surface area contributed by atoms with Crippen LogP contribution in [0.2, 0.25) is 5.02 Å². The number of fused-ring (bicyclic) bond motifs is 1. The largest absolute Gasteiger partial charge is 0.440 e. The second-order valence-corrected chi connectivity index (χ2v) is 5.88. The van der Waals surface area contributed by atoms with Crippen molar-refractivity contribution in [2.75, 3.05) is 5.73 Å². The summed E-state index contributed by atoms with van der Waals surface area (Å²) in [5.41, 5.74) is 9.25. The molecule has 1 aromatic heterocycles. The minimum absolute atomic E-state index is 0.700. The van der Waals surface area contributed by atoms with Crippen molar-refractivity contribution in [3.63, 3.8) is 0 Å². The molecule has 0 bridgehead atoms. The van der Waals surface area contributed by atoms with E-state index in [-0.39, 0.29) is 0 Å². The number of nitrogens with zero attached hydrogens (tertiary/aromatic N) is 1. The lowest BCUT2D eigenvalue weighted by Gasteiger charge is -1.99. The summed E-state index contributed by atoms with van der Waals surface area (Å²) in [4.78, 5) is 4.43. The molecular weight excluding hydrogens is 292 g/mol. The smallest absolute Gasteiger partial charge is 0.205 e. The lowest BCUT2D eigenvalue weighted by atomic mass is 10.2. The van der Waals surface area contributed by atoms with Crippen LogP contribution < -0.4 is 5.73 Å². The summed E-state index contributed by atoms with van der Waals surface area (Å²) in [5, 5.41) is 0.760. The lowest BCUT2D eigenvalue weighted by Crippen LogP contribution is -1.84. The monoisotopic (exact) mass is 304 g/mol. The van der Waals surface area contributed by atoms with Gasteiger partial charge in [-0.3, -0.25) is 0 Å². The molecule has 0 saturated heterocycles. The molecule has 2 N–H and O–H groups in total. The Bertz CT molecular complexity index is 724. The fourth-order valence-corrected chi connectivity index (χ4v) is 2.85. The van der Waals surface area contributed by atoms with Gasteiger partial charge in [0.2, 0.25) is 5.89 Å². The van der Waals surface area contributed by atoms with Crippen LogP contribution in [-0.2, 0) is 11.5 Å². The molecule has 0 unspecified atom stereocenters. The third kappa shape index (κ3) is 3.08. The molecule has 0 radical (unpaired) electrons. The highest BCUT2D eigenvalue weighted by molar-refractivity contribution is 7.97. The van der Waals surface area contributed by atoms with Gasteiger partial charge in [-0.2, -0.15) is 0 Å². The molecule has 0 aliphatic heterocycles. The van der Waals surface area contributed by atoms with E-state index in [0.717, 1.165) is 33.5 Å². The van der Waals surface area contributed by atoms with Gasteiger partial charge in [-0.1, -0.05) is 23.7 Å². The number of aromatic nitrogens is 1. The maximum absolute atomic E-state index is 5.86. The third-order valence-electron chi connectivity index (χ3n) is 2.86. The molecule has 3 aromatic rings. The summed E-state index contributed by atoms with van der Waals surface area (Å²) >= 11 is 7.61. The van der Waals surface area contributed by atoms with Crippen LogP contribution in [0.5, 0.6) is 0 Å². The first kappa shape index (κ1) is 13.3. The van der Waals surface area contributed by atoms with Crippen molar-refractivity contribution in [1.82, 2.24) is 4.98 Å². The summed E-state index contributed by atoms with van der Waals surface area (Å²) < 4.78 is 5.67. The summed E-state index contributed by atoms with van der Waals surface area (Å²) in [6.45, 7) is 0. The minimum Gasteiger partial charge on any atom is -0.440 e. The predicted molar refractivity (Wildman–Crippen MR) is 84.9 cm³/mol. The second kappa shape index (κ2) is 5.77. The molecule has 102 valence electrons. The molecule has 0 amide bonds. The van der Waals surface area contributed by atoms with Crippen LogP contribution >= 0.6 is 23.4 Å². The van der Waals surface area contributed by atoms with Crippen molar-refractivity contribution < 1.29 is 4.42 Å². The first-order chi connectivity index (χ1) is 9.70. The molecule has 3 nitrogen and oxygen atoms in total. The number of benzene rings is 2. The fourth-order valence-electron chi connectivity index (χ4n) is 1.89. The average molecular weight is 305 g/mol. The van der Waals surface area contributed by atoms with E-state index < -0.39 is 0 Å². The average Bonchev–Trinajstić information content (AvgIpc) is 2.83. The van der Waals surface area contributed by atoms with E-state index >= 15 is 0 Å². The SMILES string of the molecule is Nc1ccc2oc(CSCc3ccc(Cl)cc3)nc2c1. The number of oxazole rings is 1. The van der Waals surface area contributed by atoms with Crippen LogP contribution in [-0.4, -0.2) is 4.98 Å². The molecule has 0 atom stereocenters. The molecule has 5 heteroatoms. The quantitative estimate of drug-likeness (QED) is 0.721. The molecular formula is C15H13ClN2OS. The van der Waals surface area contributed by atoms with Gasteiger partial charge < -0.3 is 10.2 Å². The summed E-state index contributed by atoms with van der Waals surface area (Å²) in [6.07, 6.45) is 0. The predicted octanol–water partition coefficient (Wildman–Crippen LogP) is 4.50. The zero-order valence-corrected chi connectivity index (χ0v) is 12.2. The Morgan fingerprint density at radius 2 is 1.90 bits per heavy atom. The number of anilines is 1. The van der Waals surface area contributed by atoms with E-state index in [1.807, 2.05) is 42.5 Å². The van der Waals surface area contributed by atoms with Crippen molar-refractivity contribution in [3.05, 3.63) is 58.9 Å². The van der Waals surface area contributed by atoms with Crippen LogP contribution in [0.15, 0.2) is 46.9 Å². The number of rotatable bonds is 4. The molecule has 0 spiro atoms. The summed E-state index contributed by atoms with van der Waals surface area (Å²) in [5.74, 6) is 2.36. The summed E-state index contributed by atoms with van der Waals surface area (Å²) in [6, 6.07) is 13.4. The van der Waals surface area contributed by atoms with Gasteiger partial charge in [0.25, 0.3) is 0 Å². The number of hydrogen-bond donors (Lipinski definition) is 1. The first-order valence-electron chi connectivity index (χ1n) is 6.18. The third-order valence-corrected chi connectivity index (χ3v) is 4.10. The fraction of sp³-hybridized carbons (Fsp3) is 0.133. The Balaban J connectivity index is 1.63. The molecule has 0 aliphatic rings. The van der Waals surface area contributed by atoms with E-state index in [2.05, 4.69) is 4.98 Å². The van der Waals surface area contributed by atoms with Gasteiger partial charge in [-0.15, -0.1) is 11.8 Å². The van der Waals surface area contributed by atoms with Crippen molar-refractivity contribution in [3.8, 4) is 0 Å². The topological polar surface area (TPSA) is 52.0 Å². The minimum atomic E-state index is 0.700. The van der Waals surface area contributed by atoms with E-state index in [4.69, 9.17) is 21.8 Å². The van der Waals surface area contributed by atoms with Gasteiger partial charge in [-0.25, -0.2) is 4.98 Å². The Morgan fingerprint density at radius 3 is 2.70 bits per heavy atom. The van der Waals surface area contributed by atoms with Gasteiger partial charge in [-0.05, 0) is 35.9 Å². The maximum Gasteiger partial charge on any atom is 0.205 e. The lowest BCUT2D eigenvalue weighted by molar-refractivity contribution is 0.556. The summed E-state index contributed by atoms with van der Waals surface area (Å²) in [7, 11) is 0. The van der Waals surface area contributed by atoms with Crippen LogP contribution in [0.1, 0.15) is 11.5 Å². The van der Waals surface area contributed by atoms with Crippen molar-refractivity contribution in [2.45, 2.75) is 11.5 Å². The van der Waals surface area contributed by atoms with Gasteiger partial charge in [0.1, 0.15) is 5.52 Å². The first-order valence-corrected chi connectivity index (χ1v) is 7.71. The van der Waals surface area contributed by atoms with Crippen molar-refractivity contribution >= 4 is 40.1 Å². The molecule has 3 rings (SSSR count). The van der Waals surface area contributed by atoms with Gasteiger partial charge in [0.05, 0.1) is 5.75 Å². The zero-order chi connectivity index (χ0) is 13.9. The number of nitrogens with two attached hydrogens (primary N) is 1. The molecule has 1 heterocycles. The molecule has 0 fully saturated rings. The van der Waals surface area contributed by atoms with Crippen LogP contribution in [0, 0.1) is 0 Å². The molecule has 2 aromatic carbocycles. The van der Waals surface area contributed by atoms with Crippen molar-refractivity contribution in [1.29, 1.82) is 0 Å². The van der Waals surface area contributed by atoms with E-state index in [1.54, 1.807) is 11.8 Å². The zero-order valence-electron chi connectivity index (χ0n) is 10.7. The Kier molecular flexibility index (Phi) is 3.85. The highest BCUT2D eigenvalue weighted by atomic mass is 35.5. The van der Waals surface area contributed by atoms with E-state index in [0.29, 0.717) is 5.69 Å². The van der Waals surface area contributed by atoms with Crippen LogP contribution in [0.3, 0.4) is 0 Å². The molecule has 0 aliphatic carbocycles.